The van der Waals surface area contributed by atoms with Gasteiger partial charge in [-0.2, -0.15) is 0 Å². The molecule has 0 saturated carbocycles. The molecule has 0 bridgehead atoms. The van der Waals surface area contributed by atoms with Crippen LogP contribution in [-0.2, 0) is 0 Å². The molecule has 0 aromatic rings. The fourth-order valence-electron chi connectivity index (χ4n) is 1.51. The molecule has 0 unspecified atom stereocenters. The third-order valence-corrected chi connectivity index (χ3v) is 2.16. The summed E-state index contributed by atoms with van der Waals surface area (Å²) in [6.45, 7) is 5.99. The lowest BCUT2D eigenvalue weighted by atomic mass is 10.1. The SMILES string of the molecule is C=CN(NC)C1CCNCC1. The average Bonchev–Trinajstić information content (AvgIpc) is 2.09. The lowest BCUT2D eigenvalue weighted by Gasteiger charge is -2.32. The molecular weight excluding hydrogens is 138 g/mol. The fourth-order valence-corrected chi connectivity index (χ4v) is 1.51. The van der Waals surface area contributed by atoms with Crippen LogP contribution in [-0.4, -0.2) is 31.2 Å². The van der Waals surface area contributed by atoms with E-state index in [1.807, 2.05) is 13.2 Å². The van der Waals surface area contributed by atoms with Crippen LogP contribution in [0.5, 0.6) is 0 Å². The first-order valence-corrected chi connectivity index (χ1v) is 4.17. The summed E-state index contributed by atoms with van der Waals surface area (Å²) in [6, 6.07) is 0.624. The molecule has 0 radical (unpaired) electrons. The van der Waals surface area contributed by atoms with Gasteiger partial charge in [0.25, 0.3) is 0 Å². The molecule has 1 saturated heterocycles. The first kappa shape index (κ1) is 8.56. The Kier molecular flexibility index (Phi) is 3.39. The quantitative estimate of drug-likeness (QED) is 0.575. The van der Waals surface area contributed by atoms with Crippen molar-refractivity contribution in [3.05, 3.63) is 12.8 Å². The number of hydrazine groups is 1. The summed E-state index contributed by atoms with van der Waals surface area (Å²) in [4.78, 5) is 0. The van der Waals surface area contributed by atoms with Crippen LogP contribution in [0.25, 0.3) is 0 Å². The van der Waals surface area contributed by atoms with Crippen molar-refractivity contribution in [2.24, 2.45) is 0 Å². The maximum Gasteiger partial charge on any atom is 0.0472 e. The molecule has 0 aromatic heterocycles. The number of piperidine rings is 1. The molecule has 1 aliphatic heterocycles. The van der Waals surface area contributed by atoms with Crippen LogP contribution >= 0.6 is 0 Å². The number of rotatable bonds is 3. The summed E-state index contributed by atoms with van der Waals surface area (Å²) < 4.78 is 0. The van der Waals surface area contributed by atoms with E-state index in [4.69, 9.17) is 0 Å². The van der Waals surface area contributed by atoms with Crippen molar-refractivity contribution < 1.29 is 0 Å². The smallest absolute Gasteiger partial charge is 0.0472 e. The summed E-state index contributed by atoms with van der Waals surface area (Å²) in [5.41, 5.74) is 3.11. The van der Waals surface area contributed by atoms with Crippen molar-refractivity contribution in [1.82, 2.24) is 15.8 Å². The van der Waals surface area contributed by atoms with Gasteiger partial charge >= 0.3 is 0 Å². The maximum atomic E-state index is 3.75. The average molecular weight is 155 g/mol. The second-order valence-electron chi connectivity index (χ2n) is 2.79. The molecule has 0 spiro atoms. The van der Waals surface area contributed by atoms with E-state index in [0.717, 1.165) is 13.1 Å². The Morgan fingerprint density at radius 2 is 2.18 bits per heavy atom. The summed E-state index contributed by atoms with van der Waals surface area (Å²) in [5, 5.41) is 5.41. The van der Waals surface area contributed by atoms with Gasteiger partial charge in [-0.05, 0) is 25.9 Å². The van der Waals surface area contributed by atoms with Gasteiger partial charge in [0.1, 0.15) is 0 Å². The molecular formula is C8H17N3. The zero-order chi connectivity index (χ0) is 8.10. The number of hydrogen-bond acceptors (Lipinski definition) is 3. The van der Waals surface area contributed by atoms with E-state index < -0.39 is 0 Å². The van der Waals surface area contributed by atoms with Crippen LogP contribution in [0, 0.1) is 0 Å². The lowest BCUT2D eigenvalue weighted by molar-refractivity contribution is 0.177. The molecule has 0 aromatic carbocycles. The van der Waals surface area contributed by atoms with E-state index in [-0.39, 0.29) is 0 Å². The van der Waals surface area contributed by atoms with E-state index in [1.165, 1.54) is 12.8 Å². The molecule has 0 amide bonds. The van der Waals surface area contributed by atoms with E-state index in [0.29, 0.717) is 6.04 Å². The summed E-state index contributed by atoms with van der Waals surface area (Å²) in [7, 11) is 1.93. The third kappa shape index (κ3) is 2.20. The predicted octanol–water partition coefficient (Wildman–Crippen LogP) is 0.318. The van der Waals surface area contributed by atoms with E-state index in [9.17, 15) is 0 Å². The Morgan fingerprint density at radius 3 is 2.64 bits per heavy atom. The van der Waals surface area contributed by atoms with Crippen LogP contribution in [0.4, 0.5) is 0 Å². The number of hydrogen-bond donors (Lipinski definition) is 2. The molecule has 3 nitrogen and oxygen atoms in total. The van der Waals surface area contributed by atoms with Gasteiger partial charge < -0.3 is 10.3 Å². The zero-order valence-corrected chi connectivity index (χ0v) is 7.14. The van der Waals surface area contributed by atoms with Crippen LogP contribution in [0.15, 0.2) is 12.8 Å². The largest absolute Gasteiger partial charge is 0.317 e. The second kappa shape index (κ2) is 4.36. The Morgan fingerprint density at radius 1 is 1.55 bits per heavy atom. The topological polar surface area (TPSA) is 27.3 Å². The molecule has 64 valence electrons. The fraction of sp³-hybridized carbons (Fsp3) is 0.750. The highest BCUT2D eigenvalue weighted by molar-refractivity contribution is 4.80. The van der Waals surface area contributed by atoms with Crippen LogP contribution in [0.3, 0.4) is 0 Å². The highest BCUT2D eigenvalue weighted by atomic mass is 15.5. The first-order chi connectivity index (χ1) is 5.38. The number of nitrogens with zero attached hydrogens (tertiary/aromatic N) is 1. The lowest BCUT2D eigenvalue weighted by Crippen LogP contribution is -2.45. The van der Waals surface area contributed by atoms with E-state index in [1.54, 1.807) is 0 Å². The summed E-state index contributed by atoms with van der Waals surface area (Å²) in [6.07, 6.45) is 4.26. The van der Waals surface area contributed by atoms with Gasteiger partial charge in [-0.1, -0.05) is 6.58 Å². The molecule has 0 aliphatic carbocycles. The summed E-state index contributed by atoms with van der Waals surface area (Å²) >= 11 is 0. The van der Waals surface area contributed by atoms with Crippen LogP contribution in [0.2, 0.25) is 0 Å². The van der Waals surface area contributed by atoms with Gasteiger partial charge in [-0.25, -0.2) is 5.43 Å². The minimum Gasteiger partial charge on any atom is -0.317 e. The molecule has 0 atom stereocenters. The van der Waals surface area contributed by atoms with Crippen molar-refractivity contribution >= 4 is 0 Å². The Balaban J connectivity index is 2.35. The van der Waals surface area contributed by atoms with Gasteiger partial charge in [-0.15, -0.1) is 0 Å². The standard InChI is InChI=1S/C8H17N3/c1-3-11(9-2)8-4-6-10-7-5-8/h3,8-10H,1,4-7H2,2H3. The van der Waals surface area contributed by atoms with Crippen LogP contribution < -0.4 is 10.7 Å². The highest BCUT2D eigenvalue weighted by Crippen LogP contribution is 2.08. The van der Waals surface area contributed by atoms with Gasteiger partial charge in [0, 0.05) is 19.3 Å². The monoisotopic (exact) mass is 155 g/mol. The molecule has 3 heteroatoms. The van der Waals surface area contributed by atoms with Crippen molar-refractivity contribution in [2.45, 2.75) is 18.9 Å². The third-order valence-electron chi connectivity index (χ3n) is 2.16. The first-order valence-electron chi connectivity index (χ1n) is 4.17. The molecule has 1 heterocycles. The van der Waals surface area contributed by atoms with Crippen molar-refractivity contribution in [3.8, 4) is 0 Å². The predicted molar refractivity (Wildman–Crippen MR) is 47.0 cm³/mol. The van der Waals surface area contributed by atoms with Crippen molar-refractivity contribution in [2.75, 3.05) is 20.1 Å². The number of nitrogens with one attached hydrogen (secondary N) is 2. The van der Waals surface area contributed by atoms with Gasteiger partial charge in [0.2, 0.25) is 0 Å². The maximum absolute atomic E-state index is 3.75. The molecule has 1 aliphatic rings. The van der Waals surface area contributed by atoms with Crippen molar-refractivity contribution in [1.29, 1.82) is 0 Å². The molecule has 2 N–H and O–H groups in total. The highest BCUT2D eigenvalue weighted by Gasteiger charge is 2.16. The van der Waals surface area contributed by atoms with Gasteiger partial charge in [-0.3, -0.25) is 0 Å². The van der Waals surface area contributed by atoms with Gasteiger partial charge in [0.05, 0.1) is 0 Å². The van der Waals surface area contributed by atoms with Gasteiger partial charge in [0.15, 0.2) is 0 Å². The Labute approximate surface area is 68.4 Å². The molecule has 1 fully saturated rings. The van der Waals surface area contributed by atoms with E-state index >= 15 is 0 Å². The normalized spacial score (nSPS) is 19.7. The molecule has 11 heavy (non-hydrogen) atoms. The zero-order valence-electron chi connectivity index (χ0n) is 7.14. The van der Waals surface area contributed by atoms with E-state index in [2.05, 4.69) is 22.3 Å². The van der Waals surface area contributed by atoms with Crippen molar-refractivity contribution in [3.63, 3.8) is 0 Å². The Bertz CT molecular complexity index is 119. The van der Waals surface area contributed by atoms with Crippen LogP contribution in [0.1, 0.15) is 12.8 Å². The minimum absolute atomic E-state index is 0.624. The second-order valence-corrected chi connectivity index (χ2v) is 2.79. The Hall–Kier alpha value is -0.540. The minimum atomic E-state index is 0.624. The molecule has 1 rings (SSSR count). The summed E-state index contributed by atoms with van der Waals surface area (Å²) in [5.74, 6) is 0.